The van der Waals surface area contributed by atoms with Crippen molar-refractivity contribution in [3.63, 3.8) is 0 Å². The molecule has 0 saturated heterocycles. The van der Waals surface area contributed by atoms with Gasteiger partial charge in [0.25, 0.3) is 0 Å². The fourth-order valence-corrected chi connectivity index (χ4v) is 1.83. The largest absolute Gasteiger partial charge is 0.418 e. The Kier molecular flexibility index (Phi) is 2.49. The molecule has 0 unspecified atom stereocenters. The molecule has 0 fully saturated rings. The lowest BCUT2D eigenvalue weighted by molar-refractivity contribution is -0.136. The number of nitrogens with two attached hydrogens (primary N) is 1. The zero-order valence-electron chi connectivity index (χ0n) is 7.72. The van der Waals surface area contributed by atoms with Gasteiger partial charge in [-0.15, -0.1) is 0 Å². The molecule has 0 radical (unpaired) electrons. The fourth-order valence-electron chi connectivity index (χ4n) is 1.37. The highest BCUT2D eigenvalue weighted by molar-refractivity contribution is 9.10. The summed E-state index contributed by atoms with van der Waals surface area (Å²) in [6, 6.07) is 2.43. The fraction of sp³-hybridized carbons (Fsp3) is 0.111. The lowest BCUT2D eigenvalue weighted by Crippen LogP contribution is -2.07. The number of hydrogen-bond acceptors (Lipinski definition) is 3. The number of aromatic nitrogens is 2. The number of benzene rings is 1. The van der Waals surface area contributed by atoms with E-state index in [1.807, 2.05) is 0 Å². The normalized spacial score (nSPS) is 12.0. The van der Waals surface area contributed by atoms with Crippen molar-refractivity contribution in [2.45, 2.75) is 6.18 Å². The van der Waals surface area contributed by atoms with Crippen LogP contribution < -0.4 is 5.73 Å². The second kappa shape index (κ2) is 3.58. The summed E-state index contributed by atoms with van der Waals surface area (Å²) in [6.45, 7) is 0. The van der Waals surface area contributed by atoms with Crippen molar-refractivity contribution in [2.75, 3.05) is 5.73 Å². The second-order valence-electron chi connectivity index (χ2n) is 3.11. The van der Waals surface area contributed by atoms with Gasteiger partial charge in [-0.3, -0.25) is 0 Å². The van der Waals surface area contributed by atoms with Gasteiger partial charge in [-0.25, -0.2) is 9.97 Å². The number of rotatable bonds is 0. The van der Waals surface area contributed by atoms with E-state index in [0.29, 0.717) is 0 Å². The lowest BCUT2D eigenvalue weighted by atomic mass is 10.1. The van der Waals surface area contributed by atoms with Gasteiger partial charge in [-0.1, -0.05) is 15.9 Å². The molecule has 0 aliphatic rings. The van der Waals surface area contributed by atoms with Crippen LogP contribution in [0.1, 0.15) is 5.56 Å². The average Bonchev–Trinajstić information content (AvgIpc) is 2.17. The summed E-state index contributed by atoms with van der Waals surface area (Å²) in [5, 5.41) is 0.184. The number of nitrogens with zero attached hydrogens (tertiary/aromatic N) is 2. The average molecular weight is 292 g/mol. The first-order valence-electron chi connectivity index (χ1n) is 4.16. The van der Waals surface area contributed by atoms with Crippen LogP contribution in [0.4, 0.5) is 19.0 Å². The Morgan fingerprint density at radius 3 is 2.50 bits per heavy atom. The van der Waals surface area contributed by atoms with Crippen LogP contribution in [0.5, 0.6) is 0 Å². The Morgan fingerprint density at radius 1 is 1.19 bits per heavy atom. The van der Waals surface area contributed by atoms with Crippen LogP contribution in [-0.4, -0.2) is 9.97 Å². The molecule has 1 aromatic heterocycles. The van der Waals surface area contributed by atoms with E-state index in [1.54, 1.807) is 0 Å². The number of nitrogen functional groups attached to an aromatic ring is 1. The molecule has 16 heavy (non-hydrogen) atoms. The monoisotopic (exact) mass is 291 g/mol. The maximum atomic E-state index is 12.7. The molecular formula is C9H5BrF3N3. The lowest BCUT2D eigenvalue weighted by Gasteiger charge is -2.10. The Balaban J connectivity index is 2.89. The Morgan fingerprint density at radius 2 is 1.88 bits per heavy atom. The van der Waals surface area contributed by atoms with Crippen LogP contribution in [0.15, 0.2) is 22.9 Å². The molecule has 3 nitrogen and oxygen atoms in total. The molecule has 1 aromatic carbocycles. The van der Waals surface area contributed by atoms with Crippen LogP contribution in [-0.2, 0) is 6.18 Å². The van der Waals surface area contributed by atoms with Gasteiger partial charge in [0.05, 0.1) is 11.1 Å². The molecule has 2 aromatic rings. The smallest absolute Gasteiger partial charge is 0.383 e. The maximum absolute atomic E-state index is 12.7. The standard InChI is InChI=1S/C9H5BrF3N3/c10-4-1-5-7(15-3-16-8(5)14)6(2-4)9(11,12)13/h1-3H,(H2,14,15,16). The highest BCUT2D eigenvalue weighted by Gasteiger charge is 2.34. The van der Waals surface area contributed by atoms with Gasteiger partial charge in [-0.05, 0) is 12.1 Å². The number of halogens is 4. The number of anilines is 1. The van der Waals surface area contributed by atoms with Crippen LogP contribution >= 0.6 is 15.9 Å². The van der Waals surface area contributed by atoms with E-state index in [4.69, 9.17) is 5.73 Å². The third kappa shape index (κ3) is 1.82. The van der Waals surface area contributed by atoms with E-state index in [0.717, 1.165) is 12.4 Å². The van der Waals surface area contributed by atoms with Gasteiger partial charge in [0, 0.05) is 9.86 Å². The molecule has 84 valence electrons. The summed E-state index contributed by atoms with van der Waals surface area (Å²) in [7, 11) is 0. The third-order valence-corrected chi connectivity index (χ3v) is 2.50. The highest BCUT2D eigenvalue weighted by Crippen LogP contribution is 2.36. The Labute approximate surface area is 96.6 Å². The van der Waals surface area contributed by atoms with Crippen LogP contribution in [0.2, 0.25) is 0 Å². The van der Waals surface area contributed by atoms with E-state index in [-0.39, 0.29) is 21.2 Å². The molecule has 1 heterocycles. The highest BCUT2D eigenvalue weighted by atomic mass is 79.9. The number of alkyl halides is 3. The Hall–Kier alpha value is -1.37. The quantitative estimate of drug-likeness (QED) is 0.812. The molecule has 0 spiro atoms. The van der Waals surface area contributed by atoms with E-state index >= 15 is 0 Å². The summed E-state index contributed by atoms with van der Waals surface area (Å²) >= 11 is 3.00. The van der Waals surface area contributed by atoms with Crippen molar-refractivity contribution < 1.29 is 13.2 Å². The minimum Gasteiger partial charge on any atom is -0.383 e. The van der Waals surface area contributed by atoms with E-state index in [1.165, 1.54) is 6.07 Å². The minimum absolute atomic E-state index is 0.0248. The molecule has 7 heteroatoms. The molecule has 0 amide bonds. The van der Waals surface area contributed by atoms with Gasteiger partial charge in [0.15, 0.2) is 0 Å². The first-order valence-corrected chi connectivity index (χ1v) is 4.96. The van der Waals surface area contributed by atoms with Crippen molar-refractivity contribution in [2.24, 2.45) is 0 Å². The predicted molar refractivity (Wildman–Crippen MR) is 56.7 cm³/mol. The molecular weight excluding hydrogens is 287 g/mol. The van der Waals surface area contributed by atoms with Gasteiger partial charge in [-0.2, -0.15) is 13.2 Å². The van der Waals surface area contributed by atoms with Gasteiger partial charge in [0.2, 0.25) is 0 Å². The predicted octanol–water partition coefficient (Wildman–Crippen LogP) is 2.99. The molecule has 0 bridgehead atoms. The topological polar surface area (TPSA) is 51.8 Å². The van der Waals surface area contributed by atoms with Crippen molar-refractivity contribution in [3.05, 3.63) is 28.5 Å². The molecule has 2 N–H and O–H groups in total. The molecule has 0 aliphatic heterocycles. The summed E-state index contributed by atoms with van der Waals surface area (Å²) in [6.07, 6.45) is -3.45. The first kappa shape index (κ1) is 11.1. The van der Waals surface area contributed by atoms with E-state index in [2.05, 4.69) is 25.9 Å². The third-order valence-electron chi connectivity index (χ3n) is 2.04. The summed E-state index contributed by atoms with van der Waals surface area (Å²) < 4.78 is 38.4. The van der Waals surface area contributed by atoms with E-state index in [9.17, 15) is 13.2 Å². The second-order valence-corrected chi connectivity index (χ2v) is 4.02. The van der Waals surface area contributed by atoms with Crippen molar-refractivity contribution >= 4 is 32.7 Å². The molecule has 0 aliphatic carbocycles. The van der Waals surface area contributed by atoms with Crippen LogP contribution in [0.3, 0.4) is 0 Å². The summed E-state index contributed by atoms with van der Waals surface area (Å²) in [5.74, 6) is 0.0248. The van der Waals surface area contributed by atoms with Crippen molar-refractivity contribution in [1.82, 2.24) is 9.97 Å². The molecule has 0 saturated carbocycles. The van der Waals surface area contributed by atoms with Crippen molar-refractivity contribution in [1.29, 1.82) is 0 Å². The summed E-state index contributed by atoms with van der Waals surface area (Å²) in [5.41, 5.74) is 4.48. The zero-order chi connectivity index (χ0) is 11.9. The van der Waals surface area contributed by atoms with Crippen molar-refractivity contribution in [3.8, 4) is 0 Å². The van der Waals surface area contributed by atoms with Crippen LogP contribution in [0, 0.1) is 0 Å². The zero-order valence-corrected chi connectivity index (χ0v) is 9.30. The first-order chi connectivity index (χ1) is 7.39. The van der Waals surface area contributed by atoms with Gasteiger partial charge < -0.3 is 5.73 Å². The van der Waals surface area contributed by atoms with Gasteiger partial charge >= 0.3 is 6.18 Å². The molecule has 2 rings (SSSR count). The SMILES string of the molecule is Nc1ncnc2c(C(F)(F)F)cc(Br)cc12. The number of fused-ring (bicyclic) bond motifs is 1. The van der Waals surface area contributed by atoms with Gasteiger partial charge in [0.1, 0.15) is 12.1 Å². The molecule has 0 atom stereocenters. The summed E-state index contributed by atoms with van der Waals surface area (Å²) in [4.78, 5) is 7.27. The Bertz CT molecular complexity index is 553. The minimum atomic E-state index is -4.47. The number of hydrogen-bond donors (Lipinski definition) is 1. The van der Waals surface area contributed by atoms with E-state index < -0.39 is 11.7 Å². The maximum Gasteiger partial charge on any atom is 0.418 e. The van der Waals surface area contributed by atoms with Crippen LogP contribution in [0.25, 0.3) is 10.9 Å².